The average Bonchev–Trinajstić information content (AvgIpc) is 3.16. The molecule has 5 rings (SSSR count). The molecule has 1 aliphatic carbocycles. The molecule has 4 N–H and O–H groups in total. The van der Waals surface area contributed by atoms with Crippen LogP contribution in [0.1, 0.15) is 47.9 Å². The van der Waals surface area contributed by atoms with E-state index in [0.29, 0.717) is 53.9 Å². The maximum Gasteiger partial charge on any atom is 0.320 e. The first-order chi connectivity index (χ1) is 25.6. The third-order valence-electron chi connectivity index (χ3n) is 9.18. The SMILES string of the molecule is N#Cc1cncc(COc2cc(OCC3(OCCCNCC(O)CO)C=CC=C(c4ccccc4)C3(Cl)Cl)c(Cl)cc2CN2CCCC[C@H]2C(=O)O)c1. The van der Waals surface area contributed by atoms with E-state index < -0.39 is 28.0 Å². The number of nitriles is 1. The van der Waals surface area contributed by atoms with E-state index in [0.717, 1.165) is 18.4 Å². The van der Waals surface area contributed by atoms with Crippen molar-refractivity contribution in [2.75, 3.05) is 39.5 Å². The van der Waals surface area contributed by atoms with E-state index in [1.165, 1.54) is 6.20 Å². The molecule has 1 aromatic heterocycles. The number of pyridine rings is 1. The molecule has 1 fully saturated rings. The molecular formula is C39H43Cl3N4O7. The first-order valence-corrected chi connectivity index (χ1v) is 18.6. The fourth-order valence-electron chi connectivity index (χ4n) is 6.33. The molecule has 0 amide bonds. The number of likely N-dealkylation sites (tertiary alicyclic amines) is 1. The molecule has 2 aromatic carbocycles. The molecule has 2 aliphatic rings. The number of carboxylic acids is 1. The number of halogens is 3. The highest BCUT2D eigenvalue weighted by atomic mass is 35.5. The Bertz CT molecular complexity index is 1800. The molecule has 282 valence electrons. The summed E-state index contributed by atoms with van der Waals surface area (Å²) in [6, 6.07) is 16.0. The predicted octanol–water partition coefficient (Wildman–Crippen LogP) is 5.92. The first-order valence-electron chi connectivity index (χ1n) is 17.4. The van der Waals surface area contributed by atoms with Gasteiger partial charge < -0.3 is 34.8 Å². The molecule has 0 bridgehead atoms. The van der Waals surface area contributed by atoms with Gasteiger partial charge in [0.2, 0.25) is 0 Å². The van der Waals surface area contributed by atoms with Gasteiger partial charge in [-0.1, -0.05) is 83.7 Å². The summed E-state index contributed by atoms with van der Waals surface area (Å²) >= 11 is 21.4. The summed E-state index contributed by atoms with van der Waals surface area (Å²) in [5.74, 6) is -0.199. The number of piperidine rings is 1. The van der Waals surface area contributed by atoms with E-state index >= 15 is 0 Å². The highest BCUT2D eigenvalue weighted by molar-refractivity contribution is 6.55. The van der Waals surface area contributed by atoms with Gasteiger partial charge in [0.05, 0.1) is 23.3 Å². The zero-order valence-corrected chi connectivity index (χ0v) is 31.4. The lowest BCUT2D eigenvalue weighted by atomic mass is 9.85. The Kier molecular flexibility index (Phi) is 14.6. The van der Waals surface area contributed by atoms with Gasteiger partial charge >= 0.3 is 5.97 Å². The van der Waals surface area contributed by atoms with Crippen LogP contribution >= 0.6 is 34.8 Å². The Labute approximate surface area is 324 Å². The van der Waals surface area contributed by atoms with Crippen molar-refractivity contribution >= 4 is 46.3 Å². The molecule has 3 atom stereocenters. The molecule has 1 aliphatic heterocycles. The van der Waals surface area contributed by atoms with Crippen LogP contribution in [-0.2, 0) is 22.7 Å². The van der Waals surface area contributed by atoms with E-state index in [-0.39, 0.29) is 50.3 Å². The Hall–Kier alpha value is -3.70. The number of hydrogen-bond donors (Lipinski definition) is 4. The van der Waals surface area contributed by atoms with E-state index in [4.69, 9.17) is 54.1 Å². The van der Waals surface area contributed by atoms with Crippen molar-refractivity contribution in [1.82, 2.24) is 15.2 Å². The second-order valence-corrected chi connectivity index (χ2v) is 14.7. The van der Waals surface area contributed by atoms with Crippen molar-refractivity contribution in [2.45, 2.75) is 60.9 Å². The number of hydrogen-bond acceptors (Lipinski definition) is 10. The topological polar surface area (TPSA) is 157 Å². The Balaban J connectivity index is 1.43. The molecule has 53 heavy (non-hydrogen) atoms. The quantitative estimate of drug-likeness (QED) is 0.0897. The number of aromatic nitrogens is 1. The van der Waals surface area contributed by atoms with Crippen LogP contribution in [0.15, 0.2) is 79.2 Å². The minimum Gasteiger partial charge on any atom is -0.488 e. The third-order valence-corrected chi connectivity index (χ3v) is 10.5. The second kappa shape index (κ2) is 19.1. The monoisotopic (exact) mass is 784 g/mol. The number of ether oxygens (including phenoxy) is 3. The van der Waals surface area contributed by atoms with E-state index in [1.54, 1.807) is 30.5 Å². The van der Waals surface area contributed by atoms with Crippen LogP contribution in [0.5, 0.6) is 11.5 Å². The fourth-order valence-corrected chi connectivity index (χ4v) is 7.26. The lowest BCUT2D eigenvalue weighted by Crippen LogP contribution is -2.53. The lowest BCUT2D eigenvalue weighted by Gasteiger charge is -2.43. The smallest absolute Gasteiger partial charge is 0.320 e. The molecule has 2 unspecified atom stereocenters. The van der Waals surface area contributed by atoms with Gasteiger partial charge in [-0.05, 0) is 61.7 Å². The van der Waals surface area contributed by atoms with Crippen LogP contribution < -0.4 is 14.8 Å². The fraction of sp³-hybridized carbons (Fsp3) is 0.410. The first kappa shape index (κ1) is 40.5. The number of carboxylic acid groups (broad SMARTS) is 1. The second-order valence-electron chi connectivity index (χ2n) is 13.0. The third kappa shape index (κ3) is 10.3. The van der Waals surface area contributed by atoms with Gasteiger partial charge in [0.1, 0.15) is 36.8 Å². The van der Waals surface area contributed by atoms with Gasteiger partial charge in [-0.2, -0.15) is 5.26 Å². The number of nitrogens with one attached hydrogen (secondary N) is 1. The Morgan fingerprint density at radius 1 is 1.13 bits per heavy atom. The van der Waals surface area contributed by atoms with Gasteiger partial charge in [0, 0.05) is 49.3 Å². The standard InChI is InChI=1S/C39H43Cl3N4O7/c40-33-17-30(23-46-14-5-4-11-34(46)37(49)50)35(51-25-28-16-27(19-43)20-45-21-28)18-36(33)52-26-38(53-15-7-13-44-22-31(48)24-47)12-6-10-32(39(38,41)42)29-8-2-1-3-9-29/h1-3,6,8-10,12,16-18,20-21,31,34,44,47-48H,4-5,7,11,13-15,22-26H2,(H,49,50)/t31?,34-,38?/m0/s1. The lowest BCUT2D eigenvalue weighted by molar-refractivity contribution is -0.144. The normalized spacial score (nSPS) is 20.3. The van der Waals surface area contributed by atoms with Crippen LogP contribution in [0, 0.1) is 11.3 Å². The zero-order valence-electron chi connectivity index (χ0n) is 29.1. The van der Waals surface area contributed by atoms with Crippen LogP contribution in [-0.4, -0.2) is 92.7 Å². The average molecular weight is 786 g/mol. The number of benzene rings is 2. The van der Waals surface area contributed by atoms with Crippen molar-refractivity contribution in [2.24, 2.45) is 0 Å². The summed E-state index contributed by atoms with van der Waals surface area (Å²) in [5, 5.41) is 41.4. The molecule has 1 saturated heterocycles. The van der Waals surface area contributed by atoms with Gasteiger partial charge in [-0.15, -0.1) is 0 Å². The maximum absolute atomic E-state index is 12.1. The highest BCUT2D eigenvalue weighted by Crippen LogP contribution is 2.50. The number of aliphatic carboxylic acids is 1. The molecule has 0 saturated carbocycles. The largest absolute Gasteiger partial charge is 0.488 e. The zero-order chi connectivity index (χ0) is 37.8. The molecule has 0 spiro atoms. The molecule has 2 heterocycles. The summed E-state index contributed by atoms with van der Waals surface area (Å²) in [7, 11) is 0. The van der Waals surface area contributed by atoms with Crippen LogP contribution in [0.4, 0.5) is 0 Å². The molecule has 11 nitrogen and oxygen atoms in total. The van der Waals surface area contributed by atoms with Gasteiger partial charge in [-0.3, -0.25) is 14.7 Å². The van der Waals surface area contributed by atoms with E-state index in [2.05, 4.69) is 16.4 Å². The molecule has 3 aromatic rings. The minimum atomic E-state index is -1.62. The van der Waals surface area contributed by atoms with Gasteiger partial charge in [-0.25, -0.2) is 0 Å². The number of allylic oxidation sites excluding steroid dienone is 2. The number of nitrogens with zero attached hydrogens (tertiary/aromatic N) is 3. The number of alkyl halides is 2. The summed E-state index contributed by atoms with van der Waals surface area (Å²) in [5.41, 5.74) is 1.76. The Morgan fingerprint density at radius 2 is 1.94 bits per heavy atom. The predicted molar refractivity (Wildman–Crippen MR) is 203 cm³/mol. The van der Waals surface area contributed by atoms with Crippen LogP contribution in [0.2, 0.25) is 5.02 Å². The van der Waals surface area contributed by atoms with Crippen molar-refractivity contribution < 1.29 is 34.3 Å². The van der Waals surface area contributed by atoms with Gasteiger partial charge in [0.15, 0.2) is 9.93 Å². The number of carbonyl (C=O) groups is 1. The summed E-state index contributed by atoms with van der Waals surface area (Å²) in [6.07, 6.45) is 10.4. The number of aliphatic hydroxyl groups excluding tert-OH is 2. The van der Waals surface area contributed by atoms with Crippen molar-refractivity contribution in [3.8, 4) is 17.6 Å². The van der Waals surface area contributed by atoms with E-state index in [9.17, 15) is 20.3 Å². The Morgan fingerprint density at radius 3 is 2.70 bits per heavy atom. The molecule has 14 heteroatoms. The van der Waals surface area contributed by atoms with Crippen LogP contribution in [0.3, 0.4) is 0 Å². The maximum atomic E-state index is 12.1. The summed E-state index contributed by atoms with van der Waals surface area (Å²) in [4.78, 5) is 18.2. The molecule has 0 radical (unpaired) electrons. The minimum absolute atomic E-state index is 0.0792. The highest BCUT2D eigenvalue weighted by Gasteiger charge is 2.54. The summed E-state index contributed by atoms with van der Waals surface area (Å²) < 4.78 is 17.6. The summed E-state index contributed by atoms with van der Waals surface area (Å²) in [6.45, 7) is 1.41. The number of aliphatic hydroxyl groups is 2. The van der Waals surface area contributed by atoms with E-state index in [1.807, 2.05) is 47.4 Å². The van der Waals surface area contributed by atoms with Crippen LogP contribution in [0.25, 0.3) is 5.57 Å². The van der Waals surface area contributed by atoms with Crippen molar-refractivity contribution in [1.29, 1.82) is 5.26 Å². The van der Waals surface area contributed by atoms with Crippen molar-refractivity contribution in [3.05, 3.63) is 106 Å². The van der Waals surface area contributed by atoms with Gasteiger partial charge in [0.25, 0.3) is 0 Å². The molecular weight excluding hydrogens is 743 g/mol. The van der Waals surface area contributed by atoms with Crippen molar-refractivity contribution in [3.63, 3.8) is 0 Å². The number of rotatable bonds is 18.